The van der Waals surface area contributed by atoms with Crippen molar-refractivity contribution in [2.45, 2.75) is 24.0 Å². The number of β-amino-alcohol motifs (C(OH)–C–C–N with tert-alkyl or cyclic N) is 1. The highest BCUT2D eigenvalue weighted by molar-refractivity contribution is 5.92. The number of nitrogens with zero attached hydrogens (tertiary/aromatic N) is 2. The third-order valence-corrected chi connectivity index (χ3v) is 4.83. The van der Waals surface area contributed by atoms with Gasteiger partial charge < -0.3 is 19.2 Å². The fraction of sp³-hybridized carbons (Fsp3) is 0.412. The molecule has 0 saturated carbocycles. The van der Waals surface area contributed by atoms with E-state index in [4.69, 9.17) is 9.15 Å². The summed E-state index contributed by atoms with van der Waals surface area (Å²) in [6.45, 7) is 1.20. The highest BCUT2D eigenvalue weighted by Crippen LogP contribution is 2.42. The smallest absolute Gasteiger partial charge is 0.275 e. The Morgan fingerprint density at radius 3 is 2.91 bits per heavy atom. The molecule has 2 aromatic rings. The highest BCUT2D eigenvalue weighted by Gasteiger charge is 2.53. The topological polar surface area (TPSA) is 75.8 Å². The van der Waals surface area contributed by atoms with Crippen LogP contribution in [0.3, 0.4) is 0 Å². The second kappa shape index (κ2) is 5.47. The second-order valence-electron chi connectivity index (χ2n) is 6.26. The molecule has 1 N–H and O–H groups in total. The van der Waals surface area contributed by atoms with Gasteiger partial charge in [-0.25, -0.2) is 4.98 Å². The minimum atomic E-state index is -0.688. The molecule has 0 bridgehead atoms. The zero-order valence-corrected chi connectivity index (χ0v) is 12.6. The van der Waals surface area contributed by atoms with Gasteiger partial charge in [-0.15, -0.1) is 0 Å². The first-order chi connectivity index (χ1) is 11.2. The quantitative estimate of drug-likeness (QED) is 0.907. The van der Waals surface area contributed by atoms with E-state index < -0.39 is 11.7 Å². The van der Waals surface area contributed by atoms with E-state index >= 15 is 0 Å². The van der Waals surface area contributed by atoms with Crippen molar-refractivity contribution < 1.29 is 19.1 Å². The average Bonchev–Trinajstić information content (AvgIpc) is 3.30. The van der Waals surface area contributed by atoms with Crippen LogP contribution in [0.5, 0.6) is 0 Å². The zero-order valence-electron chi connectivity index (χ0n) is 12.6. The fourth-order valence-corrected chi connectivity index (χ4v) is 3.59. The van der Waals surface area contributed by atoms with Crippen LogP contribution in [0, 0.1) is 0 Å². The number of oxazole rings is 1. The lowest BCUT2D eigenvalue weighted by molar-refractivity contribution is -0.0591. The molecule has 3 heterocycles. The molecule has 6 nitrogen and oxygen atoms in total. The molecule has 0 aliphatic carbocycles. The van der Waals surface area contributed by atoms with Crippen molar-refractivity contribution in [2.24, 2.45) is 0 Å². The molecule has 1 aromatic carbocycles. The van der Waals surface area contributed by atoms with E-state index in [9.17, 15) is 9.90 Å². The van der Waals surface area contributed by atoms with Crippen molar-refractivity contribution in [3.05, 3.63) is 54.2 Å². The predicted molar refractivity (Wildman–Crippen MR) is 80.9 cm³/mol. The van der Waals surface area contributed by atoms with E-state index in [1.54, 1.807) is 4.90 Å². The molecule has 2 aliphatic heterocycles. The van der Waals surface area contributed by atoms with Gasteiger partial charge in [0.25, 0.3) is 5.91 Å². The normalized spacial score (nSPS) is 30.2. The van der Waals surface area contributed by atoms with Crippen molar-refractivity contribution in [3.63, 3.8) is 0 Å². The largest absolute Gasteiger partial charge is 0.451 e. The number of hydrogen-bond donors (Lipinski definition) is 1. The van der Waals surface area contributed by atoms with Gasteiger partial charge >= 0.3 is 0 Å². The lowest BCUT2D eigenvalue weighted by Crippen LogP contribution is -2.41. The minimum Gasteiger partial charge on any atom is -0.451 e. The maximum absolute atomic E-state index is 12.4. The van der Waals surface area contributed by atoms with Crippen molar-refractivity contribution in [2.75, 3.05) is 19.7 Å². The summed E-state index contributed by atoms with van der Waals surface area (Å²) in [6, 6.07) is 10.1. The van der Waals surface area contributed by atoms with E-state index in [0.717, 1.165) is 0 Å². The summed E-state index contributed by atoms with van der Waals surface area (Å²) in [7, 11) is 0. The van der Waals surface area contributed by atoms with Crippen LogP contribution < -0.4 is 0 Å². The Morgan fingerprint density at radius 1 is 1.35 bits per heavy atom. The number of amides is 1. The first-order valence-corrected chi connectivity index (χ1v) is 7.72. The van der Waals surface area contributed by atoms with Crippen LogP contribution in [0.25, 0.3) is 0 Å². The molecule has 23 heavy (non-hydrogen) atoms. The van der Waals surface area contributed by atoms with Crippen LogP contribution in [0.2, 0.25) is 0 Å². The van der Waals surface area contributed by atoms with Crippen LogP contribution in [-0.4, -0.2) is 52.3 Å². The number of carbonyl (C=O) groups is 1. The third-order valence-electron chi connectivity index (χ3n) is 4.83. The molecule has 0 unspecified atom stereocenters. The van der Waals surface area contributed by atoms with Gasteiger partial charge in [0.1, 0.15) is 18.0 Å². The minimum absolute atomic E-state index is 0.235. The number of carbonyl (C=O) groups excluding carboxylic acids is 1. The number of rotatable bonds is 2. The number of likely N-dealkylation sites (tertiary alicyclic amines) is 1. The number of aromatic nitrogens is 1. The van der Waals surface area contributed by atoms with E-state index in [0.29, 0.717) is 19.6 Å². The molecule has 3 atom stereocenters. The first kappa shape index (κ1) is 14.4. The molecule has 120 valence electrons. The van der Waals surface area contributed by atoms with Gasteiger partial charge in [-0.3, -0.25) is 4.79 Å². The molecule has 1 amide bonds. The molecule has 1 spiro atoms. The van der Waals surface area contributed by atoms with Crippen LogP contribution >= 0.6 is 0 Å². The highest BCUT2D eigenvalue weighted by atomic mass is 16.5. The van der Waals surface area contributed by atoms with E-state index in [1.807, 2.05) is 18.2 Å². The van der Waals surface area contributed by atoms with Gasteiger partial charge in [0.15, 0.2) is 12.1 Å². The molecular formula is C17H18N2O4. The van der Waals surface area contributed by atoms with Gasteiger partial charge in [-0.2, -0.15) is 0 Å². The average molecular weight is 314 g/mol. The van der Waals surface area contributed by atoms with E-state index in [1.165, 1.54) is 18.2 Å². The van der Waals surface area contributed by atoms with Gasteiger partial charge in [-0.05, 0) is 12.0 Å². The van der Waals surface area contributed by atoms with Crippen molar-refractivity contribution in [1.82, 2.24) is 9.88 Å². The Kier molecular flexibility index (Phi) is 3.43. The van der Waals surface area contributed by atoms with Crippen LogP contribution in [0.15, 0.2) is 47.4 Å². The maximum atomic E-state index is 12.4. The second-order valence-corrected chi connectivity index (χ2v) is 6.26. The monoisotopic (exact) mass is 314 g/mol. The van der Waals surface area contributed by atoms with E-state index in [-0.39, 0.29) is 24.1 Å². The van der Waals surface area contributed by atoms with E-state index in [2.05, 4.69) is 17.1 Å². The van der Waals surface area contributed by atoms with Gasteiger partial charge in [0.05, 0.1) is 13.2 Å². The summed E-state index contributed by atoms with van der Waals surface area (Å²) in [5.41, 5.74) is 0.782. The number of benzene rings is 1. The lowest BCUT2D eigenvalue weighted by atomic mass is 9.87. The van der Waals surface area contributed by atoms with Crippen molar-refractivity contribution in [3.8, 4) is 0 Å². The Morgan fingerprint density at radius 2 is 2.17 bits per heavy atom. The van der Waals surface area contributed by atoms with Gasteiger partial charge in [0, 0.05) is 12.5 Å². The molecule has 2 fully saturated rings. The third kappa shape index (κ3) is 2.44. The molecule has 1 aromatic heterocycles. The predicted octanol–water partition coefficient (Wildman–Crippen LogP) is 1.43. The number of aliphatic hydroxyl groups excluding tert-OH is 1. The standard InChI is InChI=1S/C17H18N2O4/c20-15-7-19(16(21)14-9-22-11-18-14)10-17(15)6-13(8-23-17)12-4-2-1-3-5-12/h1-5,9,11,13,15,20H,6-8,10H2/t13-,15+,17+/m0/s1. The van der Waals surface area contributed by atoms with Crippen molar-refractivity contribution >= 4 is 5.91 Å². The van der Waals surface area contributed by atoms with Crippen LogP contribution in [0.1, 0.15) is 28.4 Å². The van der Waals surface area contributed by atoms with Gasteiger partial charge in [-0.1, -0.05) is 30.3 Å². The Balaban J connectivity index is 1.51. The maximum Gasteiger partial charge on any atom is 0.275 e. The van der Waals surface area contributed by atoms with Gasteiger partial charge in [0.2, 0.25) is 0 Å². The Labute approximate surface area is 133 Å². The molecule has 2 aliphatic rings. The number of hydrogen-bond acceptors (Lipinski definition) is 5. The first-order valence-electron chi connectivity index (χ1n) is 7.72. The summed E-state index contributed by atoms with van der Waals surface area (Å²) >= 11 is 0. The molecule has 0 radical (unpaired) electrons. The lowest BCUT2D eigenvalue weighted by Gasteiger charge is -2.25. The Bertz CT molecular complexity index is 688. The summed E-state index contributed by atoms with van der Waals surface area (Å²) in [4.78, 5) is 17.9. The number of aliphatic hydroxyl groups is 1. The summed E-state index contributed by atoms with van der Waals surface area (Å²) < 4.78 is 10.9. The van der Waals surface area contributed by atoms with Crippen molar-refractivity contribution in [1.29, 1.82) is 0 Å². The van der Waals surface area contributed by atoms with Crippen LogP contribution in [-0.2, 0) is 4.74 Å². The molecule has 6 heteroatoms. The molecule has 4 rings (SSSR count). The molecule has 2 saturated heterocycles. The molecular weight excluding hydrogens is 296 g/mol. The number of ether oxygens (including phenoxy) is 1. The summed E-state index contributed by atoms with van der Waals surface area (Å²) in [6.07, 6.45) is 2.57. The SMILES string of the molecule is O=C(c1cocn1)N1C[C@@H](O)[C@@]2(C[C@H](c3ccccc3)CO2)C1. The summed E-state index contributed by atoms with van der Waals surface area (Å²) in [5, 5.41) is 10.5. The fourth-order valence-electron chi connectivity index (χ4n) is 3.59. The summed E-state index contributed by atoms with van der Waals surface area (Å²) in [5.74, 6) is 0.00869. The Hall–Kier alpha value is -2.18. The zero-order chi connectivity index (χ0) is 15.9. The van der Waals surface area contributed by atoms with Crippen LogP contribution in [0.4, 0.5) is 0 Å².